The molecular weight excluding hydrogens is 354 g/mol. The van der Waals surface area contributed by atoms with Crippen LogP contribution in [-0.4, -0.2) is 34.9 Å². The maximum atomic E-state index is 13.1. The number of carbonyl (C=O) groups is 1. The van der Waals surface area contributed by atoms with Crippen molar-refractivity contribution in [3.63, 3.8) is 0 Å². The summed E-state index contributed by atoms with van der Waals surface area (Å²) in [6, 6.07) is 10.4. The summed E-state index contributed by atoms with van der Waals surface area (Å²) in [5.74, 6) is -0.120. The van der Waals surface area contributed by atoms with Crippen molar-refractivity contribution in [2.45, 2.75) is 18.7 Å². The molecular formula is C18H17N3O4S. The molecule has 0 amide bonds. The Labute approximate surface area is 151 Å². The summed E-state index contributed by atoms with van der Waals surface area (Å²) in [6.45, 7) is 3.55. The van der Waals surface area contributed by atoms with Crippen molar-refractivity contribution in [2.75, 3.05) is 6.61 Å². The molecule has 0 unspecified atom stereocenters. The molecule has 0 aliphatic carbocycles. The Hall–Kier alpha value is -3.00. The Morgan fingerprint density at radius 3 is 2.42 bits per heavy atom. The van der Waals surface area contributed by atoms with Crippen LogP contribution in [0.1, 0.15) is 23.1 Å². The normalized spacial score (nSPS) is 11.3. The van der Waals surface area contributed by atoms with E-state index in [1.54, 1.807) is 38.1 Å². The minimum atomic E-state index is -3.98. The molecule has 0 aliphatic rings. The quantitative estimate of drug-likeness (QED) is 0.641. The summed E-state index contributed by atoms with van der Waals surface area (Å²) >= 11 is 0. The van der Waals surface area contributed by atoms with Crippen LogP contribution < -0.4 is 0 Å². The Morgan fingerprint density at radius 2 is 1.81 bits per heavy atom. The van der Waals surface area contributed by atoms with Crippen LogP contribution in [0.2, 0.25) is 0 Å². The van der Waals surface area contributed by atoms with Crippen molar-refractivity contribution < 1.29 is 17.9 Å². The standard InChI is InChI=1S/C18H17N3O4S/c1-3-25-18(22)15-9-17(14-7-5-4-6-8-14)21(12-15)26(23,24)16-10-19-13(2)20-11-16/h4-12H,3H2,1-2H3. The average Bonchev–Trinajstić information content (AvgIpc) is 3.09. The highest BCUT2D eigenvalue weighted by Gasteiger charge is 2.24. The van der Waals surface area contributed by atoms with Crippen molar-refractivity contribution >= 4 is 16.0 Å². The van der Waals surface area contributed by atoms with Gasteiger partial charge < -0.3 is 4.74 Å². The summed E-state index contributed by atoms with van der Waals surface area (Å²) < 4.78 is 32.2. The molecule has 0 saturated carbocycles. The van der Waals surface area contributed by atoms with E-state index >= 15 is 0 Å². The average molecular weight is 371 g/mol. The van der Waals surface area contributed by atoms with Gasteiger partial charge in [-0.3, -0.25) is 0 Å². The molecule has 134 valence electrons. The second-order valence-corrected chi connectivity index (χ2v) is 7.28. The predicted molar refractivity (Wildman–Crippen MR) is 95.2 cm³/mol. The number of rotatable bonds is 5. The minimum absolute atomic E-state index is 0.0636. The number of carbonyl (C=O) groups excluding carboxylic acids is 1. The first-order valence-corrected chi connectivity index (χ1v) is 9.36. The third kappa shape index (κ3) is 3.36. The van der Waals surface area contributed by atoms with Gasteiger partial charge in [0.25, 0.3) is 10.0 Å². The number of hydrogen-bond donors (Lipinski definition) is 0. The zero-order valence-electron chi connectivity index (χ0n) is 14.3. The Morgan fingerprint density at radius 1 is 1.15 bits per heavy atom. The number of nitrogens with zero attached hydrogens (tertiary/aromatic N) is 3. The maximum absolute atomic E-state index is 13.1. The van der Waals surface area contributed by atoms with Gasteiger partial charge in [0, 0.05) is 6.20 Å². The number of esters is 1. The van der Waals surface area contributed by atoms with Crippen LogP contribution in [0.3, 0.4) is 0 Å². The molecule has 0 spiro atoms. The lowest BCUT2D eigenvalue weighted by molar-refractivity contribution is 0.0526. The van der Waals surface area contributed by atoms with Gasteiger partial charge in [-0.2, -0.15) is 0 Å². The number of aromatic nitrogens is 3. The lowest BCUT2D eigenvalue weighted by Gasteiger charge is -2.10. The molecule has 2 aromatic heterocycles. The number of hydrogen-bond acceptors (Lipinski definition) is 6. The summed E-state index contributed by atoms with van der Waals surface area (Å²) in [5.41, 5.74) is 1.16. The highest BCUT2D eigenvalue weighted by molar-refractivity contribution is 7.90. The molecule has 3 aromatic rings. The molecule has 0 saturated heterocycles. The highest BCUT2D eigenvalue weighted by Crippen LogP contribution is 2.27. The molecule has 2 heterocycles. The fraction of sp³-hybridized carbons (Fsp3) is 0.167. The smallest absolute Gasteiger partial charge is 0.339 e. The van der Waals surface area contributed by atoms with Crippen LogP contribution in [0.5, 0.6) is 0 Å². The molecule has 7 nitrogen and oxygen atoms in total. The molecule has 0 fully saturated rings. The third-order valence-corrected chi connectivity index (χ3v) is 5.31. The second-order valence-electron chi connectivity index (χ2n) is 5.47. The largest absolute Gasteiger partial charge is 0.462 e. The molecule has 0 atom stereocenters. The molecule has 8 heteroatoms. The summed E-state index contributed by atoms with van der Waals surface area (Å²) in [4.78, 5) is 19.9. The van der Waals surface area contributed by atoms with Gasteiger partial charge in [0.05, 0.1) is 30.3 Å². The van der Waals surface area contributed by atoms with Crippen molar-refractivity contribution in [1.82, 2.24) is 13.9 Å². The minimum Gasteiger partial charge on any atom is -0.462 e. The third-order valence-electron chi connectivity index (χ3n) is 3.68. The van der Waals surface area contributed by atoms with E-state index in [9.17, 15) is 13.2 Å². The predicted octanol–water partition coefficient (Wildman–Crippen LogP) is 2.67. The first-order valence-electron chi connectivity index (χ1n) is 7.92. The second kappa shape index (κ2) is 7.09. The van der Waals surface area contributed by atoms with Gasteiger partial charge in [0.15, 0.2) is 0 Å². The number of ether oxygens (including phenoxy) is 1. The number of aryl methyl sites for hydroxylation is 1. The SMILES string of the molecule is CCOC(=O)c1cc(-c2ccccc2)n(S(=O)(=O)c2cnc(C)nc2)c1. The van der Waals surface area contributed by atoms with E-state index in [4.69, 9.17) is 4.74 Å². The summed E-state index contributed by atoms with van der Waals surface area (Å²) in [7, 11) is -3.98. The number of benzene rings is 1. The van der Waals surface area contributed by atoms with Gasteiger partial charge >= 0.3 is 5.97 Å². The van der Waals surface area contributed by atoms with Crippen molar-refractivity contribution in [3.05, 3.63) is 66.4 Å². The fourth-order valence-corrected chi connectivity index (χ4v) is 3.68. The Kier molecular flexibility index (Phi) is 4.85. The van der Waals surface area contributed by atoms with Gasteiger partial charge in [-0.05, 0) is 25.5 Å². The Bertz CT molecular complexity index is 1030. The lowest BCUT2D eigenvalue weighted by atomic mass is 10.1. The maximum Gasteiger partial charge on any atom is 0.339 e. The molecule has 1 aromatic carbocycles. The summed E-state index contributed by atoms with van der Waals surface area (Å²) in [5, 5.41) is 0. The van der Waals surface area contributed by atoms with Crippen molar-refractivity contribution in [2.24, 2.45) is 0 Å². The van der Waals surface area contributed by atoms with Crippen LogP contribution >= 0.6 is 0 Å². The van der Waals surface area contributed by atoms with Gasteiger partial charge in [0.1, 0.15) is 10.7 Å². The zero-order valence-corrected chi connectivity index (χ0v) is 15.1. The van der Waals surface area contributed by atoms with Crippen LogP contribution in [-0.2, 0) is 14.8 Å². The molecule has 3 rings (SSSR count). The van der Waals surface area contributed by atoms with E-state index in [-0.39, 0.29) is 17.1 Å². The lowest BCUT2D eigenvalue weighted by Crippen LogP contribution is -2.14. The van der Waals surface area contributed by atoms with E-state index in [2.05, 4.69) is 9.97 Å². The molecule has 0 aliphatic heterocycles. The van der Waals surface area contributed by atoms with Crippen molar-refractivity contribution in [3.8, 4) is 11.3 Å². The van der Waals surface area contributed by atoms with Crippen molar-refractivity contribution in [1.29, 1.82) is 0 Å². The van der Waals surface area contributed by atoms with Crippen LogP contribution in [0.25, 0.3) is 11.3 Å². The first kappa shape index (κ1) is 17.8. The topological polar surface area (TPSA) is 91.2 Å². The first-order chi connectivity index (χ1) is 12.4. The van der Waals surface area contributed by atoms with E-state index in [0.717, 1.165) is 3.97 Å². The van der Waals surface area contributed by atoms with E-state index in [0.29, 0.717) is 17.1 Å². The fourth-order valence-electron chi connectivity index (χ4n) is 2.42. The van der Waals surface area contributed by atoms with Crippen LogP contribution in [0, 0.1) is 6.92 Å². The van der Waals surface area contributed by atoms with Crippen LogP contribution in [0.4, 0.5) is 0 Å². The molecule has 0 bridgehead atoms. The van der Waals surface area contributed by atoms with E-state index in [1.807, 2.05) is 6.07 Å². The van der Waals surface area contributed by atoms with Gasteiger partial charge in [-0.25, -0.2) is 27.2 Å². The molecule has 26 heavy (non-hydrogen) atoms. The molecule has 0 N–H and O–H groups in total. The van der Waals surface area contributed by atoms with E-state index < -0.39 is 16.0 Å². The molecule has 0 radical (unpaired) electrons. The Balaban J connectivity index is 2.18. The van der Waals surface area contributed by atoms with Gasteiger partial charge in [0.2, 0.25) is 0 Å². The summed E-state index contributed by atoms with van der Waals surface area (Å²) in [6.07, 6.45) is 3.75. The van der Waals surface area contributed by atoms with Gasteiger partial charge in [-0.1, -0.05) is 30.3 Å². The zero-order chi connectivity index (χ0) is 18.7. The van der Waals surface area contributed by atoms with Gasteiger partial charge in [-0.15, -0.1) is 0 Å². The monoisotopic (exact) mass is 371 g/mol. The highest BCUT2D eigenvalue weighted by atomic mass is 32.2. The van der Waals surface area contributed by atoms with Crippen LogP contribution in [0.15, 0.2) is 59.9 Å². The van der Waals surface area contributed by atoms with E-state index in [1.165, 1.54) is 24.7 Å².